The van der Waals surface area contributed by atoms with Crippen molar-refractivity contribution in [3.8, 4) is 0 Å². The second kappa shape index (κ2) is 9.55. The van der Waals surface area contributed by atoms with Gasteiger partial charge in [0.05, 0.1) is 7.11 Å². The van der Waals surface area contributed by atoms with Crippen LogP contribution < -0.4 is 17.1 Å². The second-order valence-corrected chi connectivity index (χ2v) is 4.45. The number of hydrogen-bond acceptors (Lipinski definition) is 10. The first-order valence-corrected chi connectivity index (χ1v) is 7.00. The molecule has 0 atom stereocenters. The van der Waals surface area contributed by atoms with Crippen molar-refractivity contribution < 1.29 is 33.3 Å². The van der Waals surface area contributed by atoms with E-state index < -0.39 is 55.4 Å². The van der Waals surface area contributed by atoms with Crippen molar-refractivity contribution in [2.24, 2.45) is 0 Å². The van der Waals surface area contributed by atoms with Gasteiger partial charge in [-0.25, -0.2) is 42.5 Å². The quantitative estimate of drug-likeness (QED) is 0.287. The lowest BCUT2D eigenvalue weighted by Gasteiger charge is -2.13. The average molecular weight is 385 g/mol. The molecule has 0 spiro atoms. The molecule has 27 heavy (non-hydrogen) atoms. The zero-order valence-corrected chi connectivity index (χ0v) is 14.1. The summed E-state index contributed by atoms with van der Waals surface area (Å²) >= 11 is 0. The highest BCUT2D eigenvalue weighted by Crippen LogP contribution is 1.87. The van der Waals surface area contributed by atoms with Crippen LogP contribution in [-0.4, -0.2) is 38.9 Å². The van der Waals surface area contributed by atoms with E-state index in [-0.39, 0.29) is 0 Å². The van der Waals surface area contributed by atoms with E-state index in [0.29, 0.717) is 13.7 Å². The van der Waals surface area contributed by atoms with Crippen LogP contribution in [0.1, 0.15) is 0 Å². The van der Waals surface area contributed by atoms with E-state index in [0.717, 1.165) is 19.3 Å². The zero-order valence-electron chi connectivity index (χ0n) is 14.1. The van der Waals surface area contributed by atoms with Gasteiger partial charge < -0.3 is 18.9 Å². The van der Waals surface area contributed by atoms with E-state index in [1.165, 1.54) is 0 Å². The van der Waals surface area contributed by atoms with Gasteiger partial charge in [-0.1, -0.05) is 13.2 Å². The van der Waals surface area contributed by atoms with Gasteiger partial charge in [0.1, 0.15) is 0 Å². The number of esters is 2. The van der Waals surface area contributed by atoms with Crippen LogP contribution in [0.25, 0.3) is 0 Å². The molecule has 0 aromatic carbocycles. The molecule has 0 saturated heterocycles. The van der Waals surface area contributed by atoms with E-state index in [4.69, 9.17) is 0 Å². The van der Waals surface area contributed by atoms with Gasteiger partial charge in [0, 0.05) is 12.2 Å². The minimum atomic E-state index is -1.25. The maximum atomic E-state index is 12.3. The third kappa shape index (κ3) is 5.29. The molecule has 0 aliphatic heterocycles. The van der Waals surface area contributed by atoms with Crippen LogP contribution in [0.15, 0.2) is 39.7 Å². The molecule has 0 fully saturated rings. The Hall–Kier alpha value is -3.90. The number of aromatic nitrogens is 3. The molecule has 0 bridgehead atoms. The standard InChI is InChI=1S/C14H15N3O10/c1-4-9(18)25-6-15-11(20)16(7-26-10(19)5-2)13(22)17(12(15)21)8-27-14(23)24-3/h4-5H,1-2,6-8H2,3H3. The molecular weight excluding hydrogens is 370 g/mol. The Balaban J connectivity index is 3.42. The highest BCUT2D eigenvalue weighted by Gasteiger charge is 2.18. The predicted octanol–water partition coefficient (Wildman–Crippen LogP) is -1.71. The molecule has 1 aromatic rings. The number of rotatable bonds is 8. The summed E-state index contributed by atoms with van der Waals surface area (Å²) in [7, 11) is 0.994. The summed E-state index contributed by atoms with van der Waals surface area (Å²) in [5.41, 5.74) is -3.75. The number of methoxy groups -OCH3 is 1. The van der Waals surface area contributed by atoms with Crippen LogP contribution in [0.3, 0.4) is 0 Å². The molecule has 146 valence electrons. The number of ether oxygens (including phenoxy) is 4. The third-order valence-electron chi connectivity index (χ3n) is 2.87. The molecule has 13 heteroatoms. The fraction of sp³-hybridized carbons (Fsp3) is 0.286. The molecule has 0 N–H and O–H groups in total. The van der Waals surface area contributed by atoms with E-state index >= 15 is 0 Å². The van der Waals surface area contributed by atoms with Crippen molar-refractivity contribution in [1.82, 2.24) is 13.7 Å². The maximum absolute atomic E-state index is 12.3. The number of carbonyl (C=O) groups is 3. The molecule has 1 heterocycles. The molecule has 1 aromatic heterocycles. The Morgan fingerprint density at radius 3 is 1.41 bits per heavy atom. The van der Waals surface area contributed by atoms with Gasteiger partial charge in [-0.05, 0) is 0 Å². The minimum absolute atomic E-state index is 0.321. The summed E-state index contributed by atoms with van der Waals surface area (Å²) in [6.45, 7) is 3.61. The summed E-state index contributed by atoms with van der Waals surface area (Å²) in [6, 6.07) is 0. The van der Waals surface area contributed by atoms with Gasteiger partial charge in [0.2, 0.25) is 0 Å². The molecule has 0 aliphatic carbocycles. The smallest absolute Gasteiger partial charge is 0.440 e. The third-order valence-corrected chi connectivity index (χ3v) is 2.87. The summed E-state index contributed by atoms with van der Waals surface area (Å²) in [6.07, 6.45) is 0.360. The zero-order chi connectivity index (χ0) is 20.6. The van der Waals surface area contributed by atoms with Crippen LogP contribution in [0.4, 0.5) is 4.79 Å². The van der Waals surface area contributed by atoms with E-state index in [1.807, 2.05) is 0 Å². The Kier molecular flexibility index (Phi) is 7.48. The van der Waals surface area contributed by atoms with E-state index in [1.54, 1.807) is 0 Å². The minimum Gasteiger partial charge on any atom is -0.440 e. The van der Waals surface area contributed by atoms with Crippen molar-refractivity contribution in [3.05, 3.63) is 56.8 Å². The van der Waals surface area contributed by atoms with Gasteiger partial charge in [-0.2, -0.15) is 0 Å². The summed E-state index contributed by atoms with van der Waals surface area (Å²) < 4.78 is 18.9. The van der Waals surface area contributed by atoms with Crippen molar-refractivity contribution in [2.45, 2.75) is 20.2 Å². The van der Waals surface area contributed by atoms with Crippen LogP contribution in [0, 0.1) is 0 Å². The average Bonchev–Trinajstić information content (AvgIpc) is 2.66. The lowest BCUT2D eigenvalue weighted by atomic mass is 10.7. The molecule has 0 amide bonds. The van der Waals surface area contributed by atoms with Gasteiger partial charge in [-0.15, -0.1) is 0 Å². The first-order valence-electron chi connectivity index (χ1n) is 7.00. The first kappa shape index (κ1) is 21.1. The second-order valence-electron chi connectivity index (χ2n) is 4.45. The monoisotopic (exact) mass is 385 g/mol. The van der Waals surface area contributed by atoms with E-state index in [9.17, 15) is 28.8 Å². The fourth-order valence-corrected chi connectivity index (χ4v) is 1.56. The molecule has 0 radical (unpaired) electrons. The topological polar surface area (TPSA) is 154 Å². The summed E-state index contributed by atoms with van der Waals surface area (Å²) in [5.74, 6) is -1.90. The molecule has 13 nitrogen and oxygen atoms in total. The fourth-order valence-electron chi connectivity index (χ4n) is 1.56. The molecule has 0 unspecified atom stereocenters. The molecular formula is C14H15N3O10. The normalized spacial score (nSPS) is 9.81. The number of carbonyl (C=O) groups excluding carboxylic acids is 3. The van der Waals surface area contributed by atoms with Crippen molar-refractivity contribution in [1.29, 1.82) is 0 Å². The van der Waals surface area contributed by atoms with Gasteiger partial charge in [-0.3, -0.25) is 0 Å². The van der Waals surface area contributed by atoms with Crippen molar-refractivity contribution in [3.63, 3.8) is 0 Å². The Bertz CT molecular complexity index is 874. The largest absolute Gasteiger partial charge is 0.509 e. The van der Waals surface area contributed by atoms with Crippen LogP contribution in [-0.2, 0) is 48.7 Å². The molecule has 1 rings (SSSR count). The molecule has 0 saturated carbocycles. The van der Waals surface area contributed by atoms with Gasteiger partial charge in [0.15, 0.2) is 20.2 Å². The number of hydrogen-bond donors (Lipinski definition) is 0. The first-order chi connectivity index (χ1) is 12.8. The van der Waals surface area contributed by atoms with Crippen LogP contribution >= 0.6 is 0 Å². The molecule has 0 aliphatic rings. The van der Waals surface area contributed by atoms with Crippen molar-refractivity contribution >= 4 is 18.1 Å². The highest BCUT2D eigenvalue weighted by atomic mass is 16.7. The summed E-state index contributed by atoms with van der Waals surface area (Å²) in [5, 5.41) is 0. The highest BCUT2D eigenvalue weighted by molar-refractivity contribution is 5.81. The Morgan fingerprint density at radius 2 is 1.11 bits per heavy atom. The maximum Gasteiger partial charge on any atom is 0.509 e. The van der Waals surface area contributed by atoms with Gasteiger partial charge >= 0.3 is 35.2 Å². The van der Waals surface area contributed by atoms with E-state index in [2.05, 4.69) is 32.1 Å². The lowest BCUT2D eigenvalue weighted by molar-refractivity contribution is -0.141. The van der Waals surface area contributed by atoms with Crippen LogP contribution in [0.5, 0.6) is 0 Å². The van der Waals surface area contributed by atoms with Gasteiger partial charge in [0.25, 0.3) is 0 Å². The Labute approximate surface area is 150 Å². The predicted molar refractivity (Wildman–Crippen MR) is 85.3 cm³/mol. The Morgan fingerprint density at radius 1 is 0.778 bits per heavy atom. The SMILES string of the molecule is C=CC(=O)OCn1c(=O)n(COC(=O)C=C)c(=O)n(COC(=O)OC)c1=O. The van der Waals surface area contributed by atoms with Crippen molar-refractivity contribution in [2.75, 3.05) is 7.11 Å². The number of nitrogens with zero attached hydrogens (tertiary/aromatic N) is 3. The summed E-state index contributed by atoms with van der Waals surface area (Å²) in [4.78, 5) is 70.3. The van der Waals surface area contributed by atoms with Crippen LogP contribution in [0.2, 0.25) is 0 Å². The lowest BCUT2D eigenvalue weighted by Crippen LogP contribution is -2.55.